The third-order valence-electron chi connectivity index (χ3n) is 5.53. The molecule has 0 bridgehead atoms. The van der Waals surface area contributed by atoms with Crippen molar-refractivity contribution in [1.82, 2.24) is 10.6 Å². The van der Waals surface area contributed by atoms with E-state index in [1.165, 1.54) is 12.0 Å². The van der Waals surface area contributed by atoms with Crippen molar-refractivity contribution < 1.29 is 4.21 Å². The maximum atomic E-state index is 12.1. The first-order chi connectivity index (χ1) is 12.2. The van der Waals surface area contributed by atoms with Crippen LogP contribution >= 0.6 is 0 Å². The van der Waals surface area contributed by atoms with E-state index in [1.807, 2.05) is 14.0 Å². The highest BCUT2D eigenvalue weighted by molar-refractivity contribution is 7.85. The summed E-state index contributed by atoms with van der Waals surface area (Å²) in [5.41, 5.74) is 1.45. The van der Waals surface area contributed by atoms with E-state index in [2.05, 4.69) is 46.0 Å². The number of nitrogens with one attached hydrogen (secondary N) is 2. The molecule has 25 heavy (non-hydrogen) atoms. The summed E-state index contributed by atoms with van der Waals surface area (Å²) in [6.45, 7) is 2.99. The van der Waals surface area contributed by atoms with Gasteiger partial charge in [0.15, 0.2) is 5.96 Å². The first-order valence-corrected chi connectivity index (χ1v) is 11.0. The Labute approximate surface area is 154 Å². The average Bonchev–Trinajstić information content (AvgIpc) is 3.45. The van der Waals surface area contributed by atoms with Gasteiger partial charge in [-0.05, 0) is 43.1 Å². The molecule has 5 atom stereocenters. The van der Waals surface area contributed by atoms with E-state index in [9.17, 15) is 4.21 Å². The number of rotatable bonds is 6. The maximum absolute atomic E-state index is 12.1. The topological polar surface area (TPSA) is 53.5 Å². The van der Waals surface area contributed by atoms with E-state index in [0.29, 0.717) is 23.1 Å². The largest absolute Gasteiger partial charge is 0.356 e. The Morgan fingerprint density at radius 1 is 1.24 bits per heavy atom. The van der Waals surface area contributed by atoms with E-state index >= 15 is 0 Å². The highest BCUT2D eigenvalue weighted by Crippen LogP contribution is 2.46. The molecular formula is C20H31N3OS. The predicted molar refractivity (Wildman–Crippen MR) is 107 cm³/mol. The summed E-state index contributed by atoms with van der Waals surface area (Å²) in [6, 6.07) is 11.2. The van der Waals surface area contributed by atoms with Crippen LogP contribution in [-0.4, -0.2) is 40.8 Å². The number of nitrogens with zero attached hydrogens (tertiary/aromatic N) is 1. The highest BCUT2D eigenvalue weighted by Gasteiger charge is 2.38. The standard InChI is InChI=1S/C20H31N3OS/c1-3-25(24)18-11-7-10-17(13-18)23-20(21-2)22-14-16-12-19(16)15-8-5-4-6-9-15/h4-6,8-9,16-19H,3,7,10-14H2,1-2H3,(H2,21,22,23). The zero-order valence-corrected chi connectivity index (χ0v) is 16.2. The lowest BCUT2D eigenvalue weighted by atomic mass is 9.95. The molecular weight excluding hydrogens is 330 g/mol. The summed E-state index contributed by atoms with van der Waals surface area (Å²) in [6.07, 6.45) is 5.66. The Morgan fingerprint density at radius 2 is 2.04 bits per heavy atom. The molecule has 3 rings (SSSR count). The molecule has 1 aromatic rings. The van der Waals surface area contributed by atoms with Crippen LogP contribution in [-0.2, 0) is 10.8 Å². The predicted octanol–water partition coefficient (Wildman–Crippen LogP) is 3.03. The monoisotopic (exact) mass is 361 g/mol. The van der Waals surface area contributed by atoms with Gasteiger partial charge >= 0.3 is 0 Å². The van der Waals surface area contributed by atoms with E-state index in [4.69, 9.17) is 0 Å². The number of aliphatic imine (C=N–C) groups is 1. The lowest BCUT2D eigenvalue weighted by Gasteiger charge is -2.30. The van der Waals surface area contributed by atoms with Crippen LogP contribution in [0.4, 0.5) is 0 Å². The molecule has 0 aliphatic heterocycles. The molecule has 0 spiro atoms. The fourth-order valence-corrected chi connectivity index (χ4v) is 5.30. The van der Waals surface area contributed by atoms with Crippen LogP contribution in [0.25, 0.3) is 0 Å². The lowest BCUT2D eigenvalue weighted by molar-refractivity contribution is 0.413. The van der Waals surface area contributed by atoms with Gasteiger partial charge < -0.3 is 10.6 Å². The van der Waals surface area contributed by atoms with Gasteiger partial charge in [0, 0.05) is 41.4 Å². The van der Waals surface area contributed by atoms with Crippen molar-refractivity contribution in [2.45, 2.75) is 56.2 Å². The van der Waals surface area contributed by atoms with Crippen molar-refractivity contribution in [2.75, 3.05) is 19.3 Å². The molecule has 2 saturated carbocycles. The Morgan fingerprint density at radius 3 is 2.76 bits per heavy atom. The molecule has 2 aliphatic carbocycles. The molecule has 0 saturated heterocycles. The molecule has 2 aliphatic rings. The van der Waals surface area contributed by atoms with Crippen molar-refractivity contribution in [3.8, 4) is 0 Å². The third kappa shape index (κ3) is 5.06. The van der Waals surface area contributed by atoms with Crippen molar-refractivity contribution >= 4 is 16.8 Å². The quantitative estimate of drug-likeness (QED) is 0.605. The highest BCUT2D eigenvalue weighted by atomic mass is 32.2. The van der Waals surface area contributed by atoms with Gasteiger partial charge in [0.2, 0.25) is 0 Å². The van der Waals surface area contributed by atoms with Crippen molar-refractivity contribution in [2.24, 2.45) is 10.9 Å². The number of benzene rings is 1. The Bertz CT molecular complexity index is 604. The van der Waals surface area contributed by atoms with Crippen LogP contribution in [0.5, 0.6) is 0 Å². The first-order valence-electron chi connectivity index (χ1n) is 9.60. The first kappa shape index (κ1) is 18.4. The van der Waals surface area contributed by atoms with E-state index in [1.54, 1.807) is 0 Å². The van der Waals surface area contributed by atoms with Crippen molar-refractivity contribution in [1.29, 1.82) is 0 Å². The van der Waals surface area contributed by atoms with Gasteiger partial charge in [-0.25, -0.2) is 0 Å². The van der Waals surface area contributed by atoms with Gasteiger partial charge in [0.25, 0.3) is 0 Å². The van der Waals surface area contributed by atoms with Crippen LogP contribution in [0, 0.1) is 5.92 Å². The van der Waals surface area contributed by atoms with Gasteiger partial charge in [0.1, 0.15) is 0 Å². The second kappa shape index (κ2) is 8.84. The number of hydrogen-bond acceptors (Lipinski definition) is 2. The minimum Gasteiger partial charge on any atom is -0.356 e. The molecule has 0 heterocycles. The molecule has 1 aromatic carbocycles. The molecule has 0 aromatic heterocycles. The molecule has 4 nitrogen and oxygen atoms in total. The average molecular weight is 362 g/mol. The molecule has 2 N–H and O–H groups in total. The van der Waals surface area contributed by atoms with Crippen LogP contribution in [0.1, 0.15) is 50.5 Å². The lowest BCUT2D eigenvalue weighted by Crippen LogP contribution is -2.47. The zero-order valence-electron chi connectivity index (χ0n) is 15.4. The van der Waals surface area contributed by atoms with Crippen LogP contribution < -0.4 is 10.6 Å². The Balaban J connectivity index is 1.44. The van der Waals surface area contributed by atoms with Gasteiger partial charge in [-0.3, -0.25) is 9.20 Å². The molecule has 0 amide bonds. The molecule has 5 unspecified atom stereocenters. The van der Waals surface area contributed by atoms with Gasteiger partial charge in [-0.15, -0.1) is 0 Å². The molecule has 138 valence electrons. The molecule has 0 radical (unpaired) electrons. The van der Waals surface area contributed by atoms with Gasteiger partial charge in [-0.1, -0.05) is 43.7 Å². The SMILES string of the molecule is CCS(=O)C1CCCC(NC(=NC)NCC2CC2c2ccccc2)C1. The summed E-state index contributed by atoms with van der Waals surface area (Å²) >= 11 is 0. The van der Waals surface area contributed by atoms with E-state index in [-0.39, 0.29) is 0 Å². The van der Waals surface area contributed by atoms with Crippen molar-refractivity contribution in [3.05, 3.63) is 35.9 Å². The normalized spacial score (nSPS) is 30.6. The Hall–Kier alpha value is -1.36. The summed E-state index contributed by atoms with van der Waals surface area (Å²) < 4.78 is 12.1. The number of guanidine groups is 1. The van der Waals surface area contributed by atoms with E-state index in [0.717, 1.165) is 43.9 Å². The molecule has 2 fully saturated rings. The third-order valence-corrected chi connectivity index (χ3v) is 7.27. The van der Waals surface area contributed by atoms with Gasteiger partial charge in [-0.2, -0.15) is 0 Å². The summed E-state index contributed by atoms with van der Waals surface area (Å²) in [5.74, 6) is 3.06. The Kier molecular flexibility index (Phi) is 6.51. The summed E-state index contributed by atoms with van der Waals surface area (Å²) in [4.78, 5) is 4.39. The van der Waals surface area contributed by atoms with E-state index < -0.39 is 10.8 Å². The van der Waals surface area contributed by atoms with Crippen molar-refractivity contribution in [3.63, 3.8) is 0 Å². The second-order valence-corrected chi connectivity index (χ2v) is 9.27. The zero-order chi connectivity index (χ0) is 17.6. The van der Waals surface area contributed by atoms with Crippen LogP contribution in [0.15, 0.2) is 35.3 Å². The smallest absolute Gasteiger partial charge is 0.191 e. The minimum atomic E-state index is -0.678. The second-order valence-electron chi connectivity index (χ2n) is 7.27. The minimum absolute atomic E-state index is 0.347. The van der Waals surface area contributed by atoms with Crippen LogP contribution in [0.3, 0.4) is 0 Å². The number of hydrogen-bond donors (Lipinski definition) is 2. The fraction of sp³-hybridized carbons (Fsp3) is 0.650. The van der Waals surface area contributed by atoms with Crippen LogP contribution in [0.2, 0.25) is 0 Å². The maximum Gasteiger partial charge on any atom is 0.191 e. The van der Waals surface area contributed by atoms with Gasteiger partial charge in [0.05, 0.1) is 0 Å². The fourth-order valence-electron chi connectivity index (χ4n) is 3.95. The summed E-state index contributed by atoms with van der Waals surface area (Å²) in [5, 5.41) is 7.40. The summed E-state index contributed by atoms with van der Waals surface area (Å²) in [7, 11) is 1.16. The molecule has 5 heteroatoms.